The fourth-order valence-electron chi connectivity index (χ4n) is 1.45. The van der Waals surface area contributed by atoms with Gasteiger partial charge < -0.3 is 38.6 Å². The van der Waals surface area contributed by atoms with Gasteiger partial charge in [0, 0.05) is 55.2 Å². The summed E-state index contributed by atoms with van der Waals surface area (Å²) in [5.41, 5.74) is 5.53. The van der Waals surface area contributed by atoms with Crippen LogP contribution in [0.15, 0.2) is 0 Å². The standard InChI is InChI=1S/C8H22N2O3Si.3C2H4O2.3Na.3H/c1-5-7-10(8-6-9)14(11-2,12-3)13-4;3*1-2(3)4;;;;;;/h5-9H2,1-4H3;3*1H3,(H,3,4);;;;;;/q;;;;3*+1;3*-1. The Morgan fingerprint density at radius 2 is 1.07 bits per heavy atom. The molecule has 0 aliphatic carbocycles. The Balaban J connectivity index is -0.0000000287. The zero-order chi connectivity index (χ0) is 21.8. The Hall–Kier alpha value is 1.43. The topological polar surface area (TPSA) is 169 Å². The maximum atomic E-state index is 9.00. The van der Waals surface area contributed by atoms with Crippen molar-refractivity contribution in [3.63, 3.8) is 0 Å². The van der Waals surface area contributed by atoms with Crippen molar-refractivity contribution in [3.05, 3.63) is 0 Å². The van der Waals surface area contributed by atoms with E-state index < -0.39 is 26.9 Å². The molecule has 5 N–H and O–H groups in total. The van der Waals surface area contributed by atoms with Crippen molar-refractivity contribution in [1.29, 1.82) is 0 Å². The molecule has 164 valence electrons. The molecule has 0 saturated carbocycles. The van der Waals surface area contributed by atoms with E-state index in [9.17, 15) is 0 Å². The summed E-state index contributed by atoms with van der Waals surface area (Å²) in [4.78, 5) is 27.0. The number of carboxylic acid groups (broad SMARTS) is 3. The van der Waals surface area contributed by atoms with Crippen LogP contribution in [0.25, 0.3) is 0 Å². The van der Waals surface area contributed by atoms with Gasteiger partial charge in [0.25, 0.3) is 17.9 Å². The molecule has 0 unspecified atom stereocenters. The molecule has 0 aromatic rings. The molecule has 0 aliphatic heterocycles. The number of nitrogens with zero attached hydrogens (tertiary/aromatic N) is 1. The summed E-state index contributed by atoms with van der Waals surface area (Å²) in [7, 11) is 2.19. The second kappa shape index (κ2) is 34.0. The number of carboxylic acids is 3. The van der Waals surface area contributed by atoms with Gasteiger partial charge in [-0.3, -0.25) is 18.9 Å². The second-order valence-electron chi connectivity index (χ2n) is 4.47. The number of hydrogen-bond donors (Lipinski definition) is 4. The fraction of sp³-hybridized carbons (Fsp3) is 0.786. The summed E-state index contributed by atoms with van der Waals surface area (Å²) in [6.07, 6.45) is 1.02. The molecule has 0 aromatic carbocycles. The minimum absolute atomic E-state index is 0. The third-order valence-electron chi connectivity index (χ3n) is 2.05. The zero-order valence-corrected chi connectivity index (χ0v) is 26.6. The predicted molar refractivity (Wildman–Crippen MR) is 101 cm³/mol. The summed E-state index contributed by atoms with van der Waals surface area (Å²) < 4.78 is 18.2. The van der Waals surface area contributed by atoms with Crippen molar-refractivity contribution in [1.82, 2.24) is 4.57 Å². The Bertz CT molecular complexity index is 340. The van der Waals surface area contributed by atoms with Crippen molar-refractivity contribution in [2.75, 3.05) is 41.0 Å². The first-order valence-corrected chi connectivity index (χ1v) is 9.26. The molecular formula is C14H37N2Na3O9Si. The van der Waals surface area contributed by atoms with Crippen LogP contribution in [0, 0.1) is 0 Å². The molecule has 15 heteroatoms. The zero-order valence-electron chi connectivity index (χ0n) is 22.6. The summed E-state index contributed by atoms with van der Waals surface area (Å²) in [5, 5.41) is 22.2. The van der Waals surface area contributed by atoms with E-state index in [-0.39, 0.29) is 93.0 Å². The van der Waals surface area contributed by atoms with Crippen LogP contribution in [0.3, 0.4) is 0 Å². The first-order chi connectivity index (χ1) is 11.9. The van der Waals surface area contributed by atoms with Crippen LogP contribution < -0.4 is 94.4 Å². The van der Waals surface area contributed by atoms with E-state index in [4.69, 9.17) is 48.7 Å². The SMILES string of the molecule is CC(=O)O.CC(=O)O.CC(=O)O.CCCN(CCN)[Si](OC)(OC)OC.[H-].[H-].[H-].[Na+].[Na+].[Na+]. The Morgan fingerprint density at radius 1 is 0.828 bits per heavy atom. The maximum Gasteiger partial charge on any atom is 1.00 e. The summed E-state index contributed by atoms with van der Waals surface area (Å²) in [5.74, 6) is -2.50. The largest absolute Gasteiger partial charge is 1.00 e. The van der Waals surface area contributed by atoms with Crippen LogP contribution in [-0.4, -0.2) is 87.7 Å². The first-order valence-electron chi connectivity index (χ1n) is 7.59. The summed E-state index contributed by atoms with van der Waals surface area (Å²) >= 11 is 0. The average Bonchev–Trinajstić information content (AvgIpc) is 2.48. The summed E-state index contributed by atoms with van der Waals surface area (Å²) in [6, 6.07) is 0. The number of carbonyl (C=O) groups is 3. The minimum Gasteiger partial charge on any atom is -1.00 e. The quantitative estimate of drug-likeness (QED) is 0.247. The number of aliphatic carboxylic acids is 3. The molecule has 0 heterocycles. The normalized spacial score (nSPS) is 8.59. The Morgan fingerprint density at radius 3 is 1.21 bits per heavy atom. The fourth-order valence-corrected chi connectivity index (χ4v) is 3.62. The molecule has 0 spiro atoms. The van der Waals surface area contributed by atoms with Crippen LogP contribution in [0.4, 0.5) is 0 Å². The van der Waals surface area contributed by atoms with Gasteiger partial charge in [0.2, 0.25) is 0 Å². The minimum atomic E-state index is -2.64. The van der Waals surface area contributed by atoms with E-state index in [0.717, 1.165) is 40.3 Å². The van der Waals surface area contributed by atoms with E-state index in [1.807, 2.05) is 0 Å². The molecule has 0 amide bonds. The van der Waals surface area contributed by atoms with E-state index in [1.54, 1.807) is 21.3 Å². The molecule has 11 nitrogen and oxygen atoms in total. The van der Waals surface area contributed by atoms with Gasteiger partial charge in [-0.1, -0.05) is 6.92 Å². The molecule has 29 heavy (non-hydrogen) atoms. The number of rotatable bonds is 8. The van der Waals surface area contributed by atoms with Crippen molar-refractivity contribution in [2.45, 2.75) is 34.1 Å². The van der Waals surface area contributed by atoms with Gasteiger partial charge in [-0.15, -0.1) is 0 Å². The van der Waals surface area contributed by atoms with E-state index >= 15 is 0 Å². The van der Waals surface area contributed by atoms with Crippen LogP contribution in [0.5, 0.6) is 0 Å². The van der Waals surface area contributed by atoms with Gasteiger partial charge in [0.05, 0.1) is 0 Å². The third-order valence-corrected chi connectivity index (χ3v) is 4.82. The molecule has 0 fully saturated rings. The average molecular weight is 475 g/mol. The van der Waals surface area contributed by atoms with Gasteiger partial charge in [0.15, 0.2) is 0 Å². The molecule has 0 aliphatic rings. The maximum absolute atomic E-state index is 9.00. The second-order valence-corrected chi connectivity index (χ2v) is 7.37. The van der Waals surface area contributed by atoms with Crippen molar-refractivity contribution in [2.24, 2.45) is 5.73 Å². The van der Waals surface area contributed by atoms with Gasteiger partial charge in [-0.25, -0.2) is 0 Å². The molecule has 0 bridgehead atoms. The van der Waals surface area contributed by atoms with Gasteiger partial charge in [-0.05, 0) is 13.0 Å². The predicted octanol–water partition coefficient (Wildman–Crippen LogP) is -8.35. The molecule has 0 atom stereocenters. The molecule has 0 saturated heterocycles. The van der Waals surface area contributed by atoms with Crippen LogP contribution in [0.2, 0.25) is 0 Å². The van der Waals surface area contributed by atoms with Crippen molar-refractivity contribution in [3.8, 4) is 0 Å². The Labute approximate surface area is 245 Å². The van der Waals surface area contributed by atoms with E-state index in [0.29, 0.717) is 6.54 Å². The van der Waals surface area contributed by atoms with Gasteiger partial charge in [0.1, 0.15) is 0 Å². The summed E-state index contributed by atoms with van der Waals surface area (Å²) in [6.45, 7) is 7.53. The number of hydrogen-bond acceptors (Lipinski definition) is 8. The molecule has 0 radical (unpaired) electrons. The van der Waals surface area contributed by atoms with Crippen molar-refractivity contribution >= 4 is 26.9 Å². The van der Waals surface area contributed by atoms with Crippen LogP contribution >= 0.6 is 0 Å². The molecular weight excluding hydrogens is 437 g/mol. The smallest absolute Gasteiger partial charge is 1.00 e. The van der Waals surface area contributed by atoms with Gasteiger partial charge >= 0.3 is 97.6 Å². The molecule has 0 aromatic heterocycles. The van der Waals surface area contributed by atoms with Crippen LogP contribution in [0.1, 0.15) is 38.4 Å². The monoisotopic (exact) mass is 474 g/mol. The van der Waals surface area contributed by atoms with Gasteiger partial charge in [-0.2, -0.15) is 0 Å². The molecule has 0 rings (SSSR count). The van der Waals surface area contributed by atoms with E-state index in [2.05, 4.69) is 11.5 Å². The van der Waals surface area contributed by atoms with Crippen LogP contribution in [-0.2, 0) is 27.7 Å². The third kappa shape index (κ3) is 44.0. The van der Waals surface area contributed by atoms with Crippen molar-refractivity contribution < 1.29 is 136 Å². The van der Waals surface area contributed by atoms with E-state index in [1.165, 1.54) is 0 Å². The Kier molecular flexibility index (Phi) is 56.4. The first kappa shape index (κ1) is 48.0. The number of nitrogens with two attached hydrogens (primary N) is 1.